The number of hydrogen-bond acceptors (Lipinski definition) is 4. The van der Waals surface area contributed by atoms with E-state index >= 15 is 0 Å². The lowest BCUT2D eigenvalue weighted by Gasteiger charge is -2.27. The first-order valence-electron chi connectivity index (χ1n) is 5.54. The molecule has 1 atom stereocenters. The Morgan fingerprint density at radius 3 is 2.88 bits per heavy atom. The molecule has 1 unspecified atom stereocenters. The molecular formula is C12H17NO2S. The Bertz CT molecular complexity index is 354. The molecule has 0 radical (unpaired) electrons. The molecule has 2 heterocycles. The molecule has 1 N–H and O–H groups in total. The van der Waals surface area contributed by atoms with Crippen molar-refractivity contribution in [3.05, 3.63) is 23.1 Å². The van der Waals surface area contributed by atoms with Gasteiger partial charge in [0.2, 0.25) is 0 Å². The average Bonchev–Trinajstić information content (AvgIpc) is 2.76. The highest BCUT2D eigenvalue weighted by molar-refractivity contribution is 7.16. The molecule has 1 aliphatic rings. The molecule has 16 heavy (non-hydrogen) atoms. The lowest BCUT2D eigenvalue weighted by molar-refractivity contribution is 0.123. The predicted molar refractivity (Wildman–Crippen MR) is 68.1 cm³/mol. The van der Waals surface area contributed by atoms with Gasteiger partial charge in [-0.3, -0.25) is 0 Å². The van der Waals surface area contributed by atoms with Crippen LogP contribution in [0.5, 0.6) is 0 Å². The fourth-order valence-corrected chi connectivity index (χ4v) is 2.59. The summed E-state index contributed by atoms with van der Waals surface area (Å²) in [5.74, 6) is 0. The van der Waals surface area contributed by atoms with Crippen molar-refractivity contribution in [2.75, 3.05) is 31.2 Å². The van der Waals surface area contributed by atoms with Gasteiger partial charge in [0.1, 0.15) is 0 Å². The number of aliphatic hydroxyl groups is 1. The molecule has 0 bridgehead atoms. The molecule has 1 aromatic heterocycles. The first-order chi connectivity index (χ1) is 7.75. The van der Waals surface area contributed by atoms with Gasteiger partial charge in [0.05, 0.1) is 24.3 Å². The molecule has 1 aliphatic heterocycles. The van der Waals surface area contributed by atoms with Crippen molar-refractivity contribution in [1.82, 2.24) is 0 Å². The number of ether oxygens (including phenoxy) is 1. The molecule has 0 amide bonds. The molecule has 0 saturated carbocycles. The molecule has 2 rings (SSSR count). The van der Waals surface area contributed by atoms with Gasteiger partial charge in [0.25, 0.3) is 0 Å². The summed E-state index contributed by atoms with van der Waals surface area (Å²) in [7, 11) is 0. The number of rotatable bonds is 3. The van der Waals surface area contributed by atoms with Gasteiger partial charge < -0.3 is 14.7 Å². The van der Waals surface area contributed by atoms with Crippen molar-refractivity contribution in [3.8, 4) is 0 Å². The second-order valence-corrected chi connectivity index (χ2v) is 4.97. The summed E-state index contributed by atoms with van der Waals surface area (Å²) >= 11 is 1.75. The maximum Gasteiger partial charge on any atom is 0.0916 e. The number of thiophene rings is 1. The molecule has 3 nitrogen and oxygen atoms in total. The second kappa shape index (κ2) is 5.48. The van der Waals surface area contributed by atoms with Crippen LogP contribution in [0.25, 0.3) is 6.08 Å². The molecule has 1 fully saturated rings. The van der Waals surface area contributed by atoms with Gasteiger partial charge in [-0.1, -0.05) is 6.08 Å². The van der Waals surface area contributed by atoms with Crippen LogP contribution in [0, 0.1) is 0 Å². The van der Waals surface area contributed by atoms with E-state index in [1.807, 2.05) is 6.08 Å². The molecule has 0 aliphatic carbocycles. The number of hydrogen-bond donors (Lipinski definition) is 1. The third-order valence-electron chi connectivity index (χ3n) is 2.47. The van der Waals surface area contributed by atoms with Crippen LogP contribution in [0.15, 0.2) is 18.2 Å². The normalized spacial score (nSPS) is 19.2. The second-order valence-electron chi connectivity index (χ2n) is 3.88. The Labute approximate surface area is 100.0 Å². The zero-order chi connectivity index (χ0) is 11.4. The van der Waals surface area contributed by atoms with Crippen molar-refractivity contribution < 1.29 is 9.84 Å². The number of morpholine rings is 1. The first-order valence-corrected chi connectivity index (χ1v) is 6.36. The van der Waals surface area contributed by atoms with Crippen LogP contribution in [0.2, 0.25) is 0 Å². The maximum atomic E-state index is 9.16. The van der Waals surface area contributed by atoms with Crippen LogP contribution in [0.3, 0.4) is 0 Å². The highest BCUT2D eigenvalue weighted by atomic mass is 32.1. The van der Waals surface area contributed by atoms with E-state index in [-0.39, 0.29) is 6.10 Å². The van der Waals surface area contributed by atoms with E-state index in [0.29, 0.717) is 0 Å². The first kappa shape index (κ1) is 11.6. The quantitative estimate of drug-likeness (QED) is 0.875. The third kappa shape index (κ3) is 3.07. The Morgan fingerprint density at radius 1 is 1.44 bits per heavy atom. The minimum absolute atomic E-state index is 0.381. The van der Waals surface area contributed by atoms with Gasteiger partial charge in [-0.2, -0.15) is 0 Å². The summed E-state index contributed by atoms with van der Waals surface area (Å²) in [5.41, 5.74) is 0. The van der Waals surface area contributed by atoms with E-state index < -0.39 is 0 Å². The summed E-state index contributed by atoms with van der Waals surface area (Å²) in [5, 5.41) is 10.4. The fraction of sp³-hybridized carbons (Fsp3) is 0.500. The van der Waals surface area contributed by atoms with Crippen molar-refractivity contribution in [2.24, 2.45) is 0 Å². The van der Waals surface area contributed by atoms with Gasteiger partial charge in [-0.25, -0.2) is 0 Å². The van der Waals surface area contributed by atoms with Crippen LogP contribution >= 0.6 is 11.3 Å². The van der Waals surface area contributed by atoms with Gasteiger partial charge in [-0.15, -0.1) is 11.3 Å². The van der Waals surface area contributed by atoms with E-state index in [1.165, 1.54) is 9.88 Å². The highest BCUT2D eigenvalue weighted by Crippen LogP contribution is 2.27. The summed E-state index contributed by atoms with van der Waals surface area (Å²) in [6.45, 7) is 5.33. The Kier molecular flexibility index (Phi) is 3.98. The fourth-order valence-electron chi connectivity index (χ4n) is 1.62. The minimum Gasteiger partial charge on any atom is -0.389 e. The minimum atomic E-state index is -0.381. The maximum absolute atomic E-state index is 9.16. The van der Waals surface area contributed by atoms with Crippen LogP contribution in [-0.2, 0) is 4.74 Å². The molecule has 1 saturated heterocycles. The third-order valence-corrected chi connectivity index (χ3v) is 3.59. The van der Waals surface area contributed by atoms with Gasteiger partial charge in [0, 0.05) is 18.0 Å². The van der Waals surface area contributed by atoms with Crippen molar-refractivity contribution in [3.63, 3.8) is 0 Å². The van der Waals surface area contributed by atoms with Gasteiger partial charge in [0.15, 0.2) is 0 Å². The monoisotopic (exact) mass is 239 g/mol. The summed E-state index contributed by atoms with van der Waals surface area (Å²) in [6, 6.07) is 4.23. The van der Waals surface area contributed by atoms with Crippen LogP contribution < -0.4 is 4.90 Å². The Balaban J connectivity index is 2.01. The average molecular weight is 239 g/mol. The van der Waals surface area contributed by atoms with Crippen LogP contribution in [0.4, 0.5) is 5.00 Å². The lowest BCUT2D eigenvalue weighted by atomic mass is 10.3. The van der Waals surface area contributed by atoms with E-state index in [0.717, 1.165) is 26.3 Å². The lowest BCUT2D eigenvalue weighted by Crippen LogP contribution is -2.35. The molecule has 88 valence electrons. The standard InChI is InChI=1S/C12H17NO2S/c1-10(14)2-3-11-4-5-12(16-11)13-6-8-15-9-7-13/h2-5,10,14H,6-9H2,1H3/b3-2+. The highest BCUT2D eigenvalue weighted by Gasteiger charge is 2.12. The largest absolute Gasteiger partial charge is 0.389 e. The van der Waals surface area contributed by atoms with Gasteiger partial charge in [-0.05, 0) is 25.1 Å². The predicted octanol–water partition coefficient (Wildman–Crippen LogP) is 1.98. The summed E-state index contributed by atoms with van der Waals surface area (Å²) in [6.07, 6.45) is 3.39. The van der Waals surface area contributed by atoms with Crippen molar-refractivity contribution >= 4 is 22.4 Å². The van der Waals surface area contributed by atoms with Gasteiger partial charge >= 0.3 is 0 Å². The summed E-state index contributed by atoms with van der Waals surface area (Å²) in [4.78, 5) is 3.52. The smallest absolute Gasteiger partial charge is 0.0916 e. The Morgan fingerprint density at radius 2 is 2.19 bits per heavy atom. The van der Waals surface area contributed by atoms with Crippen LogP contribution in [0.1, 0.15) is 11.8 Å². The summed E-state index contributed by atoms with van der Waals surface area (Å²) < 4.78 is 5.32. The zero-order valence-electron chi connectivity index (χ0n) is 9.43. The van der Waals surface area contributed by atoms with Crippen LogP contribution in [-0.4, -0.2) is 37.5 Å². The van der Waals surface area contributed by atoms with E-state index in [1.54, 1.807) is 24.3 Å². The number of nitrogens with zero attached hydrogens (tertiary/aromatic N) is 1. The zero-order valence-corrected chi connectivity index (χ0v) is 10.2. The molecule has 0 spiro atoms. The van der Waals surface area contributed by atoms with Crippen molar-refractivity contribution in [2.45, 2.75) is 13.0 Å². The van der Waals surface area contributed by atoms with E-state index in [4.69, 9.17) is 9.84 Å². The molecular weight excluding hydrogens is 222 g/mol. The molecule has 1 aromatic rings. The van der Waals surface area contributed by atoms with E-state index in [9.17, 15) is 0 Å². The van der Waals surface area contributed by atoms with Crippen molar-refractivity contribution in [1.29, 1.82) is 0 Å². The molecule has 4 heteroatoms. The molecule has 0 aromatic carbocycles. The SMILES string of the molecule is CC(O)/C=C/c1ccc(N2CCOCC2)s1. The number of anilines is 1. The Hall–Kier alpha value is -0.840. The topological polar surface area (TPSA) is 32.7 Å². The number of aliphatic hydroxyl groups excluding tert-OH is 1. The van der Waals surface area contributed by atoms with E-state index in [2.05, 4.69) is 17.0 Å².